The number of ether oxygens (including phenoxy) is 2. The van der Waals surface area contributed by atoms with E-state index in [1.807, 2.05) is 0 Å². The summed E-state index contributed by atoms with van der Waals surface area (Å²) in [5, 5.41) is 0. The molecule has 18 heavy (non-hydrogen) atoms. The van der Waals surface area contributed by atoms with Crippen LogP contribution in [0.5, 0.6) is 5.88 Å². The van der Waals surface area contributed by atoms with Crippen molar-refractivity contribution in [2.75, 3.05) is 19.5 Å². The average Bonchev–Trinajstić information content (AvgIpc) is 2.33. The Bertz CT molecular complexity index is 345. The number of hydrogen-bond donors (Lipinski definition) is 1. The Labute approximate surface area is 109 Å². The van der Waals surface area contributed by atoms with Gasteiger partial charge in [-0.1, -0.05) is 32.6 Å². The first kappa shape index (κ1) is 14.7. The van der Waals surface area contributed by atoms with Crippen molar-refractivity contribution in [3.8, 4) is 5.88 Å². The molecule has 0 amide bonds. The van der Waals surface area contributed by atoms with E-state index in [0.717, 1.165) is 6.42 Å². The van der Waals surface area contributed by atoms with Crippen LogP contribution in [0.15, 0.2) is 6.07 Å². The summed E-state index contributed by atoms with van der Waals surface area (Å²) < 4.78 is 10.5. The van der Waals surface area contributed by atoms with Gasteiger partial charge in [-0.2, -0.15) is 4.98 Å². The van der Waals surface area contributed by atoms with E-state index in [-0.39, 0.29) is 0 Å². The monoisotopic (exact) mass is 253 g/mol. The van der Waals surface area contributed by atoms with Crippen molar-refractivity contribution >= 4 is 5.82 Å². The highest BCUT2D eigenvalue weighted by molar-refractivity contribution is 5.32. The first-order valence-corrected chi connectivity index (χ1v) is 6.51. The second-order valence-electron chi connectivity index (χ2n) is 4.24. The maximum Gasteiger partial charge on any atom is 0.218 e. The van der Waals surface area contributed by atoms with Crippen molar-refractivity contribution in [1.82, 2.24) is 9.97 Å². The van der Waals surface area contributed by atoms with Crippen molar-refractivity contribution in [2.24, 2.45) is 0 Å². The normalized spacial score (nSPS) is 10.6. The van der Waals surface area contributed by atoms with Crippen LogP contribution in [0.4, 0.5) is 5.82 Å². The van der Waals surface area contributed by atoms with Crippen molar-refractivity contribution in [3.63, 3.8) is 0 Å². The van der Waals surface area contributed by atoms with E-state index in [4.69, 9.17) is 15.2 Å². The third-order valence-electron chi connectivity index (χ3n) is 2.54. The van der Waals surface area contributed by atoms with Crippen LogP contribution in [-0.4, -0.2) is 23.7 Å². The molecule has 1 rings (SSSR count). The molecule has 0 radical (unpaired) electrons. The first-order chi connectivity index (χ1) is 8.76. The number of methoxy groups -OCH3 is 1. The van der Waals surface area contributed by atoms with Crippen LogP contribution in [0.1, 0.15) is 44.9 Å². The topological polar surface area (TPSA) is 70.3 Å². The number of rotatable bonds is 9. The summed E-state index contributed by atoms with van der Waals surface area (Å²) in [4.78, 5) is 8.27. The summed E-state index contributed by atoms with van der Waals surface area (Å²) in [7, 11) is 1.60. The van der Waals surface area contributed by atoms with Gasteiger partial charge in [-0.15, -0.1) is 0 Å². The van der Waals surface area contributed by atoms with Crippen LogP contribution in [0.25, 0.3) is 0 Å². The summed E-state index contributed by atoms with van der Waals surface area (Å²) in [6.07, 6.45) is 6.05. The number of aromatic nitrogens is 2. The van der Waals surface area contributed by atoms with Crippen LogP contribution in [0, 0.1) is 0 Å². The predicted molar refractivity (Wildman–Crippen MR) is 71.4 cm³/mol. The lowest BCUT2D eigenvalue weighted by atomic mass is 10.2. The average molecular weight is 253 g/mol. The van der Waals surface area contributed by atoms with Gasteiger partial charge in [0.1, 0.15) is 12.4 Å². The Morgan fingerprint density at radius 1 is 1.17 bits per heavy atom. The quantitative estimate of drug-likeness (QED) is 0.685. The summed E-state index contributed by atoms with van der Waals surface area (Å²) in [5.74, 6) is 1.50. The number of nitrogen functional groups attached to an aromatic ring is 1. The lowest BCUT2D eigenvalue weighted by molar-refractivity contribution is 0.176. The summed E-state index contributed by atoms with van der Waals surface area (Å²) in [6.45, 7) is 3.22. The molecule has 5 heteroatoms. The second kappa shape index (κ2) is 8.69. The molecule has 0 unspecified atom stereocenters. The fourth-order valence-corrected chi connectivity index (χ4v) is 1.64. The molecule has 0 aliphatic rings. The zero-order valence-electron chi connectivity index (χ0n) is 11.3. The highest BCUT2D eigenvalue weighted by Crippen LogP contribution is 2.12. The molecule has 5 nitrogen and oxygen atoms in total. The van der Waals surface area contributed by atoms with Crippen LogP contribution >= 0.6 is 0 Å². The SMILES string of the molecule is CCCCCCCOc1cc(N)nc(COC)n1. The van der Waals surface area contributed by atoms with E-state index in [2.05, 4.69) is 16.9 Å². The molecule has 1 aromatic heterocycles. The molecule has 1 heterocycles. The maximum atomic E-state index is 5.67. The van der Waals surface area contributed by atoms with Crippen molar-refractivity contribution in [1.29, 1.82) is 0 Å². The lowest BCUT2D eigenvalue weighted by Crippen LogP contribution is -2.05. The standard InChI is InChI=1S/C13H23N3O2/c1-3-4-5-6-7-8-18-13-9-11(14)15-12(16-13)10-17-2/h9H,3-8,10H2,1-2H3,(H2,14,15,16). The van der Waals surface area contributed by atoms with Crippen LogP contribution in [0.2, 0.25) is 0 Å². The molecule has 0 bridgehead atoms. The highest BCUT2D eigenvalue weighted by Gasteiger charge is 2.03. The molecule has 0 fully saturated rings. The van der Waals surface area contributed by atoms with E-state index in [1.54, 1.807) is 13.2 Å². The molecule has 0 aliphatic carbocycles. The van der Waals surface area contributed by atoms with Crippen LogP contribution in [-0.2, 0) is 11.3 Å². The molecule has 102 valence electrons. The Balaban J connectivity index is 2.32. The minimum atomic E-state index is 0.345. The molecule has 0 atom stereocenters. The summed E-state index contributed by atoms with van der Waals surface area (Å²) >= 11 is 0. The van der Waals surface area contributed by atoms with Crippen molar-refractivity contribution < 1.29 is 9.47 Å². The van der Waals surface area contributed by atoms with Gasteiger partial charge in [-0.3, -0.25) is 0 Å². The fourth-order valence-electron chi connectivity index (χ4n) is 1.64. The van der Waals surface area contributed by atoms with Crippen molar-refractivity contribution in [2.45, 2.75) is 45.6 Å². The van der Waals surface area contributed by atoms with Gasteiger partial charge in [0.05, 0.1) is 6.61 Å². The van der Waals surface area contributed by atoms with Crippen LogP contribution in [0.3, 0.4) is 0 Å². The molecule has 0 spiro atoms. The van der Waals surface area contributed by atoms with Gasteiger partial charge in [0.2, 0.25) is 5.88 Å². The minimum Gasteiger partial charge on any atom is -0.478 e. The van der Waals surface area contributed by atoms with E-state index in [1.165, 1.54) is 25.7 Å². The molecule has 0 saturated heterocycles. The van der Waals surface area contributed by atoms with Gasteiger partial charge < -0.3 is 15.2 Å². The highest BCUT2D eigenvalue weighted by atomic mass is 16.5. The van der Waals surface area contributed by atoms with Gasteiger partial charge >= 0.3 is 0 Å². The molecule has 0 saturated carbocycles. The Hall–Kier alpha value is -1.36. The summed E-state index contributed by atoms with van der Waals surface area (Å²) in [5.41, 5.74) is 5.67. The smallest absolute Gasteiger partial charge is 0.218 e. The van der Waals surface area contributed by atoms with E-state index >= 15 is 0 Å². The summed E-state index contributed by atoms with van der Waals surface area (Å²) in [6, 6.07) is 1.64. The molecule has 0 aliphatic heterocycles. The predicted octanol–water partition coefficient (Wildman–Crippen LogP) is 2.55. The fraction of sp³-hybridized carbons (Fsp3) is 0.692. The number of nitrogens with two attached hydrogens (primary N) is 1. The van der Waals surface area contributed by atoms with E-state index < -0.39 is 0 Å². The Kier molecular flexibility index (Phi) is 7.10. The molecular formula is C13H23N3O2. The molecule has 0 aromatic carbocycles. The van der Waals surface area contributed by atoms with Crippen LogP contribution < -0.4 is 10.5 Å². The molecular weight excluding hydrogens is 230 g/mol. The number of nitrogens with zero attached hydrogens (tertiary/aromatic N) is 2. The van der Waals surface area contributed by atoms with Gasteiger partial charge in [-0.25, -0.2) is 4.98 Å². The number of unbranched alkanes of at least 4 members (excludes halogenated alkanes) is 4. The third kappa shape index (κ3) is 5.82. The zero-order valence-corrected chi connectivity index (χ0v) is 11.3. The Morgan fingerprint density at radius 3 is 2.67 bits per heavy atom. The minimum absolute atomic E-state index is 0.345. The number of hydrogen-bond acceptors (Lipinski definition) is 5. The zero-order chi connectivity index (χ0) is 13.2. The second-order valence-corrected chi connectivity index (χ2v) is 4.24. The van der Waals surface area contributed by atoms with E-state index in [0.29, 0.717) is 30.7 Å². The molecule has 2 N–H and O–H groups in total. The van der Waals surface area contributed by atoms with E-state index in [9.17, 15) is 0 Å². The first-order valence-electron chi connectivity index (χ1n) is 6.51. The Morgan fingerprint density at radius 2 is 1.94 bits per heavy atom. The van der Waals surface area contributed by atoms with Gasteiger partial charge in [0, 0.05) is 13.2 Å². The van der Waals surface area contributed by atoms with Gasteiger partial charge in [-0.05, 0) is 6.42 Å². The van der Waals surface area contributed by atoms with Gasteiger partial charge in [0.15, 0.2) is 5.82 Å². The molecule has 1 aromatic rings. The van der Waals surface area contributed by atoms with Crippen molar-refractivity contribution in [3.05, 3.63) is 11.9 Å². The largest absolute Gasteiger partial charge is 0.478 e. The van der Waals surface area contributed by atoms with Gasteiger partial charge in [0.25, 0.3) is 0 Å². The lowest BCUT2D eigenvalue weighted by Gasteiger charge is -2.07. The third-order valence-corrected chi connectivity index (χ3v) is 2.54. The maximum absolute atomic E-state index is 5.67. The number of anilines is 1.